The molecule has 0 radical (unpaired) electrons. The molecular formula is C19H20N2O4S. The number of rotatable bonds is 5. The lowest BCUT2D eigenvalue weighted by Crippen LogP contribution is -2.38. The van der Waals surface area contributed by atoms with Crippen molar-refractivity contribution in [3.8, 4) is 0 Å². The molecule has 1 atom stereocenters. The summed E-state index contributed by atoms with van der Waals surface area (Å²) in [4.78, 5) is 36.6. The predicted molar refractivity (Wildman–Crippen MR) is 99.9 cm³/mol. The van der Waals surface area contributed by atoms with E-state index in [0.29, 0.717) is 11.3 Å². The normalized spacial score (nSPS) is 14.2. The van der Waals surface area contributed by atoms with Gasteiger partial charge in [-0.3, -0.25) is 14.4 Å². The number of anilines is 1. The van der Waals surface area contributed by atoms with Gasteiger partial charge < -0.3 is 15.7 Å². The van der Waals surface area contributed by atoms with Crippen molar-refractivity contribution in [2.45, 2.75) is 38.6 Å². The maximum atomic E-state index is 12.5. The Morgan fingerprint density at radius 3 is 2.46 bits per heavy atom. The number of carbonyl (C=O) groups is 3. The Kier molecular flexibility index (Phi) is 5.37. The summed E-state index contributed by atoms with van der Waals surface area (Å²) in [5.74, 6) is -1.70. The minimum Gasteiger partial charge on any atom is -0.480 e. The fourth-order valence-electron chi connectivity index (χ4n) is 2.93. The molecule has 6 nitrogen and oxygen atoms in total. The first-order chi connectivity index (χ1) is 12.5. The van der Waals surface area contributed by atoms with E-state index in [4.69, 9.17) is 5.11 Å². The van der Waals surface area contributed by atoms with Gasteiger partial charge in [-0.15, -0.1) is 11.3 Å². The van der Waals surface area contributed by atoms with Crippen molar-refractivity contribution in [3.63, 3.8) is 0 Å². The molecule has 3 N–H and O–H groups in total. The molecule has 1 heterocycles. The van der Waals surface area contributed by atoms with Crippen molar-refractivity contribution >= 4 is 34.8 Å². The lowest BCUT2D eigenvalue weighted by molar-refractivity contribution is -0.138. The van der Waals surface area contributed by atoms with E-state index < -0.39 is 17.9 Å². The van der Waals surface area contributed by atoms with Gasteiger partial charge in [-0.1, -0.05) is 0 Å². The second kappa shape index (κ2) is 7.70. The molecule has 7 heteroatoms. The van der Waals surface area contributed by atoms with Crippen molar-refractivity contribution in [2.24, 2.45) is 0 Å². The van der Waals surface area contributed by atoms with Crippen LogP contribution in [0.2, 0.25) is 0 Å². The third kappa shape index (κ3) is 3.94. The maximum absolute atomic E-state index is 12.5. The van der Waals surface area contributed by atoms with E-state index in [1.165, 1.54) is 18.2 Å². The molecule has 0 spiro atoms. The molecule has 2 amide bonds. The minimum atomic E-state index is -1.10. The number of hydrogen-bond acceptors (Lipinski definition) is 4. The summed E-state index contributed by atoms with van der Waals surface area (Å²) < 4.78 is 0. The summed E-state index contributed by atoms with van der Waals surface area (Å²) in [6.07, 6.45) is 4.29. The van der Waals surface area contributed by atoms with E-state index in [1.54, 1.807) is 35.6 Å². The van der Waals surface area contributed by atoms with Crippen molar-refractivity contribution in [3.05, 3.63) is 51.2 Å². The van der Waals surface area contributed by atoms with Gasteiger partial charge in [0.1, 0.15) is 6.04 Å². The molecule has 1 aliphatic carbocycles. The second-order valence-corrected chi connectivity index (χ2v) is 7.29. The zero-order valence-electron chi connectivity index (χ0n) is 14.4. The highest BCUT2D eigenvalue weighted by Crippen LogP contribution is 2.30. The summed E-state index contributed by atoms with van der Waals surface area (Å²) >= 11 is 1.64. The molecule has 0 fully saturated rings. The summed E-state index contributed by atoms with van der Waals surface area (Å²) in [5.41, 5.74) is 2.83. The molecule has 3 rings (SSSR count). The molecule has 0 aliphatic heterocycles. The lowest BCUT2D eigenvalue weighted by Gasteiger charge is -2.13. The Balaban J connectivity index is 1.66. The Labute approximate surface area is 155 Å². The molecule has 1 aromatic carbocycles. The quantitative estimate of drug-likeness (QED) is 0.752. The van der Waals surface area contributed by atoms with Gasteiger partial charge in [-0.25, -0.2) is 0 Å². The summed E-state index contributed by atoms with van der Waals surface area (Å²) in [6.45, 7) is 1.40. The summed E-state index contributed by atoms with van der Waals surface area (Å²) in [6, 6.07) is 5.42. The first-order valence-corrected chi connectivity index (χ1v) is 9.38. The van der Waals surface area contributed by atoms with Gasteiger partial charge >= 0.3 is 5.97 Å². The van der Waals surface area contributed by atoms with Gasteiger partial charge in [0.15, 0.2) is 0 Å². The molecule has 2 aromatic rings. The zero-order chi connectivity index (χ0) is 18.7. The number of fused-ring (bicyclic) bond motifs is 1. The number of carboxylic acids is 1. The highest BCUT2D eigenvalue weighted by Gasteiger charge is 2.20. The van der Waals surface area contributed by atoms with Crippen molar-refractivity contribution in [2.75, 3.05) is 5.32 Å². The topological polar surface area (TPSA) is 95.5 Å². The highest BCUT2D eigenvalue weighted by atomic mass is 32.1. The van der Waals surface area contributed by atoms with Gasteiger partial charge in [0.25, 0.3) is 11.8 Å². The van der Waals surface area contributed by atoms with E-state index in [9.17, 15) is 14.4 Å². The number of aliphatic carboxylic acids is 1. The molecule has 1 aliphatic rings. The van der Waals surface area contributed by atoms with E-state index >= 15 is 0 Å². The fraction of sp³-hybridized carbons (Fsp3) is 0.316. The molecular weight excluding hydrogens is 352 g/mol. The van der Waals surface area contributed by atoms with E-state index in [1.807, 2.05) is 5.38 Å². The molecule has 1 aromatic heterocycles. The molecule has 136 valence electrons. The fourth-order valence-corrected chi connectivity index (χ4v) is 4.06. The molecule has 0 bridgehead atoms. The molecule has 0 saturated carbocycles. The second-order valence-electron chi connectivity index (χ2n) is 6.32. The van der Waals surface area contributed by atoms with Crippen LogP contribution in [0.5, 0.6) is 0 Å². The number of nitrogens with one attached hydrogen (secondary N) is 2. The first kappa shape index (κ1) is 18.1. The predicted octanol–water partition coefficient (Wildman–Crippen LogP) is 3.08. The monoisotopic (exact) mass is 372 g/mol. The van der Waals surface area contributed by atoms with Crippen molar-refractivity contribution < 1.29 is 19.5 Å². The number of carbonyl (C=O) groups excluding carboxylic acids is 2. The van der Waals surface area contributed by atoms with Crippen LogP contribution in [-0.4, -0.2) is 28.9 Å². The van der Waals surface area contributed by atoms with Crippen LogP contribution in [-0.2, 0) is 17.6 Å². The standard InChI is InChI=1S/C19H20N2O4S/c1-11(19(24)25)20-17(22)12-6-8-13(9-7-12)21-18(23)15-10-26-16-5-3-2-4-14(15)16/h6-11H,2-5H2,1H3,(H,20,22)(H,21,23)(H,24,25). The van der Waals surface area contributed by atoms with Crippen LogP contribution >= 0.6 is 11.3 Å². The van der Waals surface area contributed by atoms with E-state index in [0.717, 1.165) is 30.4 Å². The number of amides is 2. The third-order valence-corrected chi connectivity index (χ3v) is 5.52. The van der Waals surface area contributed by atoms with Gasteiger partial charge in [-0.2, -0.15) is 0 Å². The maximum Gasteiger partial charge on any atom is 0.325 e. The Bertz CT molecular complexity index is 842. The summed E-state index contributed by atoms with van der Waals surface area (Å²) in [5, 5.41) is 16.0. The van der Waals surface area contributed by atoms with Gasteiger partial charge in [-0.05, 0) is 62.4 Å². The Hall–Kier alpha value is -2.67. The first-order valence-electron chi connectivity index (χ1n) is 8.50. The van der Waals surface area contributed by atoms with Crippen molar-refractivity contribution in [1.82, 2.24) is 5.32 Å². The SMILES string of the molecule is CC(NC(=O)c1ccc(NC(=O)c2csc3c2CCCC3)cc1)C(=O)O. The highest BCUT2D eigenvalue weighted by molar-refractivity contribution is 7.10. The number of thiophene rings is 1. The van der Waals surface area contributed by atoms with Crippen molar-refractivity contribution in [1.29, 1.82) is 0 Å². The molecule has 1 unspecified atom stereocenters. The number of hydrogen-bond donors (Lipinski definition) is 3. The van der Waals surface area contributed by atoms with Crippen LogP contribution in [0, 0.1) is 0 Å². The zero-order valence-corrected chi connectivity index (χ0v) is 15.2. The van der Waals surface area contributed by atoms with E-state index in [2.05, 4.69) is 10.6 Å². The third-order valence-electron chi connectivity index (χ3n) is 4.43. The average molecular weight is 372 g/mol. The summed E-state index contributed by atoms with van der Waals surface area (Å²) in [7, 11) is 0. The number of aryl methyl sites for hydroxylation is 1. The van der Waals surface area contributed by atoms with Crippen LogP contribution in [0.25, 0.3) is 0 Å². The minimum absolute atomic E-state index is 0.138. The average Bonchev–Trinajstić information content (AvgIpc) is 3.06. The van der Waals surface area contributed by atoms with Crippen LogP contribution in [0.1, 0.15) is 50.9 Å². The smallest absolute Gasteiger partial charge is 0.325 e. The van der Waals surface area contributed by atoms with Gasteiger partial charge in [0.2, 0.25) is 0 Å². The number of benzene rings is 1. The van der Waals surface area contributed by atoms with Gasteiger partial charge in [0, 0.05) is 21.5 Å². The molecule has 26 heavy (non-hydrogen) atoms. The van der Waals surface area contributed by atoms with E-state index in [-0.39, 0.29) is 5.91 Å². The van der Waals surface area contributed by atoms with Crippen LogP contribution in [0.15, 0.2) is 29.6 Å². The van der Waals surface area contributed by atoms with Crippen LogP contribution < -0.4 is 10.6 Å². The van der Waals surface area contributed by atoms with Gasteiger partial charge in [0.05, 0.1) is 5.56 Å². The Morgan fingerprint density at radius 2 is 1.77 bits per heavy atom. The van der Waals surface area contributed by atoms with Crippen LogP contribution in [0.4, 0.5) is 5.69 Å². The Morgan fingerprint density at radius 1 is 1.08 bits per heavy atom. The van der Waals surface area contributed by atoms with Crippen LogP contribution in [0.3, 0.4) is 0 Å². The molecule has 0 saturated heterocycles. The number of carboxylic acid groups (broad SMARTS) is 1. The lowest BCUT2D eigenvalue weighted by atomic mass is 9.95. The largest absolute Gasteiger partial charge is 0.480 e.